The van der Waals surface area contributed by atoms with E-state index in [1.165, 1.54) is 51.4 Å². The predicted molar refractivity (Wildman–Crippen MR) is 70.1 cm³/mol. The van der Waals surface area contributed by atoms with E-state index < -0.39 is 0 Å². The van der Waals surface area contributed by atoms with E-state index in [0.717, 1.165) is 0 Å². The van der Waals surface area contributed by atoms with E-state index in [2.05, 4.69) is 10.3 Å². The van der Waals surface area contributed by atoms with Gasteiger partial charge in [0.25, 0.3) is 0 Å². The lowest BCUT2D eigenvalue weighted by Crippen LogP contribution is -2.38. The molecule has 2 rings (SSSR count). The molecule has 4 nitrogen and oxygen atoms in total. The number of guanidine groups is 1. The van der Waals surface area contributed by atoms with Crippen LogP contribution in [0.2, 0.25) is 0 Å². The summed E-state index contributed by atoms with van der Waals surface area (Å²) in [5.74, 6) is 0.590. The van der Waals surface area contributed by atoms with Gasteiger partial charge in [-0.1, -0.05) is 25.7 Å². The normalized spacial score (nSPS) is 23.4. The van der Waals surface area contributed by atoms with Crippen LogP contribution < -0.4 is 11.1 Å². The van der Waals surface area contributed by atoms with Gasteiger partial charge < -0.3 is 15.8 Å². The van der Waals surface area contributed by atoms with Gasteiger partial charge in [-0.25, -0.2) is 0 Å². The molecule has 0 aromatic heterocycles. The second-order valence-electron chi connectivity index (χ2n) is 5.17. The predicted octanol–water partition coefficient (Wildman–Crippen LogP) is 1.79. The number of aliphatic imine (C=N–C) groups is 1. The number of nitrogens with two attached hydrogens (primary N) is 1. The highest BCUT2D eigenvalue weighted by atomic mass is 16.5. The maximum absolute atomic E-state index is 5.83. The Kier molecular flexibility index (Phi) is 5.10. The van der Waals surface area contributed by atoms with Crippen LogP contribution in [0.5, 0.6) is 0 Å². The van der Waals surface area contributed by atoms with Gasteiger partial charge in [-0.2, -0.15) is 0 Å². The van der Waals surface area contributed by atoms with Crippen molar-refractivity contribution in [3.05, 3.63) is 0 Å². The van der Waals surface area contributed by atoms with E-state index >= 15 is 0 Å². The lowest BCUT2D eigenvalue weighted by atomic mass is 10.2. The van der Waals surface area contributed by atoms with Crippen LogP contribution in [0.25, 0.3) is 0 Å². The quantitative estimate of drug-likeness (QED) is 0.437. The van der Waals surface area contributed by atoms with Gasteiger partial charge in [0, 0.05) is 6.04 Å². The van der Waals surface area contributed by atoms with Gasteiger partial charge in [0.2, 0.25) is 0 Å². The summed E-state index contributed by atoms with van der Waals surface area (Å²) in [6.07, 6.45) is 10.7. The minimum absolute atomic E-state index is 0.481. The molecule has 17 heavy (non-hydrogen) atoms. The van der Waals surface area contributed by atoms with Crippen molar-refractivity contribution in [2.75, 3.05) is 13.2 Å². The van der Waals surface area contributed by atoms with Gasteiger partial charge in [0.1, 0.15) is 0 Å². The molecule has 0 amide bonds. The third kappa shape index (κ3) is 4.54. The molecule has 98 valence electrons. The highest BCUT2D eigenvalue weighted by Crippen LogP contribution is 2.20. The van der Waals surface area contributed by atoms with Gasteiger partial charge in [-0.3, -0.25) is 4.99 Å². The Morgan fingerprint density at radius 3 is 2.47 bits per heavy atom. The first-order chi connectivity index (χ1) is 8.34. The van der Waals surface area contributed by atoms with Crippen LogP contribution in [0.15, 0.2) is 4.99 Å². The van der Waals surface area contributed by atoms with Crippen molar-refractivity contribution >= 4 is 5.96 Å². The largest absolute Gasteiger partial charge is 0.376 e. The fraction of sp³-hybridized carbons (Fsp3) is 0.923. The molecular weight excluding hydrogens is 214 g/mol. The molecule has 0 saturated heterocycles. The number of rotatable bonds is 5. The van der Waals surface area contributed by atoms with Crippen LogP contribution >= 0.6 is 0 Å². The molecule has 0 unspecified atom stereocenters. The van der Waals surface area contributed by atoms with Crippen molar-refractivity contribution < 1.29 is 4.74 Å². The first-order valence-corrected chi connectivity index (χ1v) is 7.02. The first kappa shape index (κ1) is 12.7. The molecule has 0 heterocycles. The van der Waals surface area contributed by atoms with Crippen molar-refractivity contribution in [2.45, 2.75) is 63.5 Å². The molecule has 2 saturated carbocycles. The van der Waals surface area contributed by atoms with Crippen LogP contribution in [-0.2, 0) is 4.74 Å². The molecule has 0 aromatic rings. The lowest BCUT2D eigenvalue weighted by Gasteiger charge is -2.13. The molecule has 4 heteroatoms. The summed E-state index contributed by atoms with van der Waals surface area (Å²) in [6.45, 7) is 1.39. The SMILES string of the molecule is NC(=NCCOC1CCCC1)NC1CCCC1. The molecule has 0 bridgehead atoms. The Labute approximate surface area is 104 Å². The van der Waals surface area contributed by atoms with Gasteiger partial charge in [-0.15, -0.1) is 0 Å². The van der Waals surface area contributed by atoms with Gasteiger partial charge >= 0.3 is 0 Å². The molecule has 2 aliphatic carbocycles. The average molecular weight is 239 g/mol. The molecular formula is C13H25N3O. The highest BCUT2D eigenvalue weighted by Gasteiger charge is 2.15. The molecule has 0 aromatic carbocycles. The Morgan fingerprint density at radius 1 is 1.12 bits per heavy atom. The Morgan fingerprint density at radius 2 is 1.76 bits per heavy atom. The fourth-order valence-electron chi connectivity index (χ4n) is 2.77. The standard InChI is InChI=1S/C13H25N3O/c14-13(16-11-5-1-2-6-11)15-9-10-17-12-7-3-4-8-12/h11-12H,1-10H2,(H3,14,15,16). The molecule has 0 atom stereocenters. The summed E-state index contributed by atoms with van der Waals surface area (Å²) in [7, 11) is 0. The second-order valence-corrected chi connectivity index (χ2v) is 5.17. The number of hydrogen-bond acceptors (Lipinski definition) is 2. The van der Waals surface area contributed by atoms with Crippen LogP contribution in [0.3, 0.4) is 0 Å². The van der Waals surface area contributed by atoms with E-state index in [-0.39, 0.29) is 0 Å². The van der Waals surface area contributed by atoms with Crippen molar-refractivity contribution in [1.82, 2.24) is 5.32 Å². The summed E-state index contributed by atoms with van der Waals surface area (Å²) in [5.41, 5.74) is 5.83. The number of ether oxygens (including phenoxy) is 1. The molecule has 2 aliphatic rings. The zero-order chi connectivity index (χ0) is 11.9. The highest BCUT2D eigenvalue weighted by molar-refractivity contribution is 5.78. The maximum Gasteiger partial charge on any atom is 0.188 e. The van der Waals surface area contributed by atoms with E-state index in [1.807, 2.05) is 0 Å². The third-order valence-electron chi connectivity index (χ3n) is 3.74. The summed E-state index contributed by atoms with van der Waals surface area (Å²) in [4.78, 5) is 4.31. The maximum atomic E-state index is 5.83. The average Bonchev–Trinajstić information content (AvgIpc) is 2.96. The Bertz CT molecular complexity index is 243. The molecule has 0 radical (unpaired) electrons. The Hall–Kier alpha value is -0.770. The summed E-state index contributed by atoms with van der Waals surface area (Å²) in [5, 5.41) is 3.28. The molecule has 2 fully saturated rings. The van der Waals surface area contributed by atoms with Crippen molar-refractivity contribution in [3.8, 4) is 0 Å². The van der Waals surface area contributed by atoms with Crippen molar-refractivity contribution in [3.63, 3.8) is 0 Å². The first-order valence-electron chi connectivity index (χ1n) is 7.02. The summed E-state index contributed by atoms with van der Waals surface area (Å²) < 4.78 is 5.73. The van der Waals surface area contributed by atoms with Gasteiger partial charge in [-0.05, 0) is 25.7 Å². The number of nitrogens with one attached hydrogen (secondary N) is 1. The minimum Gasteiger partial charge on any atom is -0.376 e. The van der Waals surface area contributed by atoms with E-state index in [4.69, 9.17) is 10.5 Å². The minimum atomic E-state index is 0.481. The molecule has 0 aliphatic heterocycles. The fourth-order valence-corrected chi connectivity index (χ4v) is 2.77. The lowest BCUT2D eigenvalue weighted by molar-refractivity contribution is 0.0643. The number of nitrogens with zero attached hydrogens (tertiary/aromatic N) is 1. The van der Waals surface area contributed by atoms with Crippen molar-refractivity contribution in [1.29, 1.82) is 0 Å². The van der Waals surface area contributed by atoms with Crippen molar-refractivity contribution in [2.24, 2.45) is 10.7 Å². The van der Waals surface area contributed by atoms with Gasteiger partial charge in [0.15, 0.2) is 5.96 Å². The monoisotopic (exact) mass is 239 g/mol. The van der Waals surface area contributed by atoms with E-state index in [0.29, 0.717) is 31.3 Å². The number of hydrogen-bond donors (Lipinski definition) is 2. The second kappa shape index (κ2) is 6.84. The van der Waals surface area contributed by atoms with Crippen LogP contribution in [0.1, 0.15) is 51.4 Å². The van der Waals surface area contributed by atoms with Crippen LogP contribution in [0, 0.1) is 0 Å². The molecule has 3 N–H and O–H groups in total. The van der Waals surface area contributed by atoms with Gasteiger partial charge in [0.05, 0.1) is 19.3 Å². The van der Waals surface area contributed by atoms with E-state index in [1.54, 1.807) is 0 Å². The summed E-state index contributed by atoms with van der Waals surface area (Å²) in [6, 6.07) is 0.550. The smallest absolute Gasteiger partial charge is 0.188 e. The van der Waals surface area contributed by atoms with Crippen LogP contribution in [-0.4, -0.2) is 31.3 Å². The Balaban J connectivity index is 1.55. The van der Waals surface area contributed by atoms with E-state index in [9.17, 15) is 0 Å². The molecule has 0 spiro atoms. The zero-order valence-electron chi connectivity index (χ0n) is 10.7. The topological polar surface area (TPSA) is 59.6 Å². The zero-order valence-corrected chi connectivity index (χ0v) is 10.7. The van der Waals surface area contributed by atoms with Crippen LogP contribution in [0.4, 0.5) is 0 Å². The third-order valence-corrected chi connectivity index (χ3v) is 3.74. The summed E-state index contributed by atoms with van der Waals surface area (Å²) >= 11 is 0.